The Hall–Kier alpha value is -0.120. The summed E-state index contributed by atoms with van der Waals surface area (Å²) in [6.07, 6.45) is 11.7. The summed E-state index contributed by atoms with van der Waals surface area (Å²) in [5, 5.41) is 13.3. The van der Waals surface area contributed by atoms with Gasteiger partial charge in [-0.15, -0.1) is 0 Å². The first-order chi connectivity index (χ1) is 9.67. The van der Waals surface area contributed by atoms with Crippen LogP contribution in [-0.4, -0.2) is 47.3 Å². The fraction of sp³-hybridized carbons (Fsp3) is 1.00. The lowest BCUT2D eigenvalue weighted by Crippen LogP contribution is -2.48. The van der Waals surface area contributed by atoms with E-state index in [4.69, 9.17) is 0 Å². The summed E-state index contributed by atoms with van der Waals surface area (Å²) in [5.74, 6) is 0. The van der Waals surface area contributed by atoms with E-state index in [1.807, 2.05) is 0 Å². The summed E-state index contributed by atoms with van der Waals surface area (Å²) in [6.45, 7) is 7.26. The highest BCUT2D eigenvalue weighted by Gasteiger charge is 2.32. The van der Waals surface area contributed by atoms with E-state index < -0.39 is 0 Å². The van der Waals surface area contributed by atoms with Gasteiger partial charge in [-0.25, -0.2) is 0 Å². The Morgan fingerprint density at radius 2 is 2.05 bits per heavy atom. The molecule has 1 aliphatic heterocycles. The quantitative estimate of drug-likeness (QED) is 0.682. The number of hydrogen-bond acceptors (Lipinski definition) is 3. The third-order valence-electron chi connectivity index (χ3n) is 5.02. The molecule has 1 saturated heterocycles. The molecule has 0 amide bonds. The minimum Gasteiger partial charge on any atom is -0.394 e. The summed E-state index contributed by atoms with van der Waals surface area (Å²) < 4.78 is 0. The van der Waals surface area contributed by atoms with Gasteiger partial charge in [0.2, 0.25) is 0 Å². The highest BCUT2D eigenvalue weighted by atomic mass is 16.3. The standard InChI is InChI=1S/C17H34N2O/c1-3-7-16-8-4-5-12-19(16)13-6-11-17(2,14-20)18-15-9-10-15/h15-16,18,20H,3-14H2,1-2H3. The van der Waals surface area contributed by atoms with E-state index in [-0.39, 0.29) is 12.1 Å². The van der Waals surface area contributed by atoms with Crippen LogP contribution in [0.4, 0.5) is 0 Å². The van der Waals surface area contributed by atoms with Crippen molar-refractivity contribution in [2.24, 2.45) is 0 Å². The number of likely N-dealkylation sites (tertiary alicyclic amines) is 1. The number of rotatable bonds is 9. The van der Waals surface area contributed by atoms with Gasteiger partial charge in [-0.1, -0.05) is 19.8 Å². The highest BCUT2D eigenvalue weighted by molar-refractivity contribution is 4.92. The smallest absolute Gasteiger partial charge is 0.0610 e. The number of piperidine rings is 1. The zero-order valence-corrected chi connectivity index (χ0v) is 13.5. The zero-order valence-electron chi connectivity index (χ0n) is 13.5. The lowest BCUT2D eigenvalue weighted by atomic mass is 9.94. The van der Waals surface area contributed by atoms with Crippen molar-refractivity contribution < 1.29 is 5.11 Å². The third-order valence-corrected chi connectivity index (χ3v) is 5.02. The molecule has 3 heteroatoms. The number of aliphatic hydroxyl groups is 1. The number of nitrogens with one attached hydrogen (secondary N) is 1. The number of hydrogen-bond donors (Lipinski definition) is 2. The van der Waals surface area contributed by atoms with Crippen LogP contribution in [0, 0.1) is 0 Å². The van der Waals surface area contributed by atoms with E-state index in [0.717, 1.165) is 12.5 Å². The lowest BCUT2D eigenvalue weighted by Gasteiger charge is -2.37. The van der Waals surface area contributed by atoms with Gasteiger partial charge in [-0.3, -0.25) is 0 Å². The van der Waals surface area contributed by atoms with Crippen LogP contribution in [0.5, 0.6) is 0 Å². The average Bonchev–Trinajstić information content (AvgIpc) is 3.25. The van der Waals surface area contributed by atoms with E-state index in [2.05, 4.69) is 24.1 Å². The normalized spacial score (nSPS) is 27.4. The van der Waals surface area contributed by atoms with Crippen molar-refractivity contribution in [1.29, 1.82) is 0 Å². The SMILES string of the molecule is CCCC1CCCCN1CCCC(C)(CO)NC1CC1. The Morgan fingerprint density at radius 1 is 1.25 bits per heavy atom. The van der Waals surface area contributed by atoms with Gasteiger partial charge in [0.05, 0.1) is 6.61 Å². The van der Waals surface area contributed by atoms with Gasteiger partial charge in [0.25, 0.3) is 0 Å². The second-order valence-corrected chi connectivity index (χ2v) is 7.22. The Balaban J connectivity index is 1.72. The molecule has 118 valence electrons. The molecule has 2 aliphatic rings. The van der Waals surface area contributed by atoms with Crippen molar-refractivity contribution in [2.45, 2.75) is 89.3 Å². The fourth-order valence-electron chi connectivity index (χ4n) is 3.60. The first kappa shape index (κ1) is 16.3. The van der Waals surface area contributed by atoms with Crippen LogP contribution in [-0.2, 0) is 0 Å². The van der Waals surface area contributed by atoms with Crippen molar-refractivity contribution >= 4 is 0 Å². The largest absolute Gasteiger partial charge is 0.394 e. The van der Waals surface area contributed by atoms with Crippen molar-refractivity contribution in [3.63, 3.8) is 0 Å². The maximum Gasteiger partial charge on any atom is 0.0610 e. The van der Waals surface area contributed by atoms with Crippen LogP contribution in [0.3, 0.4) is 0 Å². The molecule has 1 saturated carbocycles. The number of nitrogens with zero attached hydrogens (tertiary/aromatic N) is 1. The van der Waals surface area contributed by atoms with Crippen LogP contribution in [0.15, 0.2) is 0 Å². The Bertz CT molecular complexity index is 278. The van der Waals surface area contributed by atoms with Crippen LogP contribution in [0.1, 0.15) is 71.6 Å². The Morgan fingerprint density at radius 3 is 2.70 bits per heavy atom. The fourth-order valence-corrected chi connectivity index (χ4v) is 3.60. The first-order valence-corrected chi connectivity index (χ1v) is 8.79. The second kappa shape index (κ2) is 7.77. The molecule has 2 N–H and O–H groups in total. The predicted octanol–water partition coefficient (Wildman–Crippen LogP) is 2.92. The molecule has 3 nitrogen and oxygen atoms in total. The summed E-state index contributed by atoms with van der Waals surface area (Å²) in [4.78, 5) is 2.71. The second-order valence-electron chi connectivity index (χ2n) is 7.22. The molecule has 0 aromatic carbocycles. The van der Waals surface area contributed by atoms with Gasteiger partial charge in [0.15, 0.2) is 0 Å². The summed E-state index contributed by atoms with van der Waals surface area (Å²) >= 11 is 0. The molecule has 2 atom stereocenters. The summed E-state index contributed by atoms with van der Waals surface area (Å²) in [7, 11) is 0. The molecule has 0 radical (unpaired) electrons. The Kier molecular flexibility index (Phi) is 6.31. The van der Waals surface area contributed by atoms with Gasteiger partial charge >= 0.3 is 0 Å². The molecule has 1 aliphatic carbocycles. The molecule has 2 rings (SSSR count). The average molecular weight is 282 g/mol. The molecule has 1 heterocycles. The van der Waals surface area contributed by atoms with Crippen LogP contribution >= 0.6 is 0 Å². The van der Waals surface area contributed by atoms with Crippen molar-refractivity contribution in [1.82, 2.24) is 10.2 Å². The molecule has 0 aromatic rings. The maximum absolute atomic E-state index is 9.66. The maximum atomic E-state index is 9.66. The molecule has 0 bridgehead atoms. The van der Waals surface area contributed by atoms with Crippen LogP contribution in [0.2, 0.25) is 0 Å². The monoisotopic (exact) mass is 282 g/mol. The number of aliphatic hydroxyl groups excluding tert-OH is 1. The topological polar surface area (TPSA) is 35.5 Å². The molecule has 2 unspecified atom stereocenters. The van der Waals surface area contributed by atoms with E-state index in [9.17, 15) is 5.11 Å². The predicted molar refractivity (Wildman–Crippen MR) is 85.0 cm³/mol. The van der Waals surface area contributed by atoms with Crippen molar-refractivity contribution in [3.8, 4) is 0 Å². The lowest BCUT2D eigenvalue weighted by molar-refractivity contribution is 0.120. The zero-order chi connectivity index (χ0) is 14.4. The van der Waals surface area contributed by atoms with E-state index in [1.165, 1.54) is 64.5 Å². The molecule has 20 heavy (non-hydrogen) atoms. The first-order valence-electron chi connectivity index (χ1n) is 8.79. The van der Waals surface area contributed by atoms with Gasteiger partial charge in [-0.05, 0) is 65.0 Å². The highest BCUT2D eigenvalue weighted by Crippen LogP contribution is 2.26. The van der Waals surface area contributed by atoms with Crippen LogP contribution < -0.4 is 5.32 Å². The molecule has 0 spiro atoms. The van der Waals surface area contributed by atoms with E-state index in [1.54, 1.807) is 0 Å². The molecule has 0 aromatic heterocycles. The van der Waals surface area contributed by atoms with E-state index in [0.29, 0.717) is 6.04 Å². The van der Waals surface area contributed by atoms with Crippen molar-refractivity contribution in [3.05, 3.63) is 0 Å². The van der Waals surface area contributed by atoms with Crippen LogP contribution in [0.25, 0.3) is 0 Å². The van der Waals surface area contributed by atoms with Gasteiger partial charge in [0.1, 0.15) is 0 Å². The van der Waals surface area contributed by atoms with Gasteiger partial charge < -0.3 is 15.3 Å². The van der Waals surface area contributed by atoms with Gasteiger partial charge in [0, 0.05) is 17.6 Å². The summed E-state index contributed by atoms with van der Waals surface area (Å²) in [6, 6.07) is 1.50. The minimum atomic E-state index is -0.0583. The Labute approximate surface area is 125 Å². The third kappa shape index (κ3) is 5.01. The van der Waals surface area contributed by atoms with Gasteiger partial charge in [-0.2, -0.15) is 0 Å². The molecular formula is C17H34N2O. The molecule has 2 fully saturated rings. The summed E-state index contributed by atoms with van der Waals surface area (Å²) in [5.41, 5.74) is -0.0583. The van der Waals surface area contributed by atoms with E-state index >= 15 is 0 Å². The molecular weight excluding hydrogens is 248 g/mol. The minimum absolute atomic E-state index is 0.0583. The van der Waals surface area contributed by atoms with Crippen molar-refractivity contribution in [2.75, 3.05) is 19.7 Å².